The van der Waals surface area contributed by atoms with Crippen molar-refractivity contribution in [3.63, 3.8) is 0 Å². The second-order valence-corrected chi connectivity index (χ2v) is 3.20. The standard InChI is InChI=1S/C11H8FNO2/c12-7-3-1-6-2-4-9(13)10(11(14)15)8(6)5-7/h1-5H,13H2,(H,14,15). The molecule has 0 fully saturated rings. The second-order valence-electron chi connectivity index (χ2n) is 3.20. The van der Waals surface area contributed by atoms with Crippen molar-refractivity contribution >= 4 is 22.4 Å². The van der Waals surface area contributed by atoms with Crippen molar-refractivity contribution in [1.82, 2.24) is 0 Å². The average Bonchev–Trinajstić information content (AvgIpc) is 2.16. The molecule has 0 amide bonds. The summed E-state index contributed by atoms with van der Waals surface area (Å²) in [5, 5.41) is 9.93. The first-order valence-corrected chi connectivity index (χ1v) is 4.30. The fraction of sp³-hybridized carbons (Fsp3) is 0. The van der Waals surface area contributed by atoms with E-state index in [-0.39, 0.29) is 11.3 Å². The third-order valence-electron chi connectivity index (χ3n) is 2.23. The number of nitrogen functional groups attached to an aromatic ring is 1. The van der Waals surface area contributed by atoms with Gasteiger partial charge in [-0.3, -0.25) is 0 Å². The molecule has 3 nitrogen and oxygen atoms in total. The van der Waals surface area contributed by atoms with Gasteiger partial charge < -0.3 is 10.8 Å². The summed E-state index contributed by atoms with van der Waals surface area (Å²) in [7, 11) is 0. The maximum absolute atomic E-state index is 13.0. The quantitative estimate of drug-likeness (QED) is 0.702. The number of carboxylic acids is 1. The van der Waals surface area contributed by atoms with Gasteiger partial charge in [0.1, 0.15) is 5.82 Å². The Morgan fingerprint density at radius 3 is 2.60 bits per heavy atom. The number of hydrogen-bond acceptors (Lipinski definition) is 2. The summed E-state index contributed by atoms with van der Waals surface area (Å²) in [5.74, 6) is -1.63. The minimum Gasteiger partial charge on any atom is -0.478 e. The molecule has 0 aliphatic rings. The number of fused-ring (bicyclic) bond motifs is 1. The molecule has 0 unspecified atom stereocenters. The van der Waals surface area contributed by atoms with E-state index in [1.165, 1.54) is 24.3 Å². The average molecular weight is 205 g/mol. The van der Waals surface area contributed by atoms with Crippen LogP contribution in [0.4, 0.5) is 10.1 Å². The molecule has 2 rings (SSSR count). The van der Waals surface area contributed by atoms with E-state index in [2.05, 4.69) is 0 Å². The van der Waals surface area contributed by atoms with Gasteiger partial charge in [-0.05, 0) is 23.6 Å². The third-order valence-corrected chi connectivity index (χ3v) is 2.23. The molecule has 0 bridgehead atoms. The van der Waals surface area contributed by atoms with Crippen LogP contribution >= 0.6 is 0 Å². The van der Waals surface area contributed by atoms with Crippen molar-refractivity contribution in [2.75, 3.05) is 5.73 Å². The lowest BCUT2D eigenvalue weighted by Gasteiger charge is -2.05. The van der Waals surface area contributed by atoms with Gasteiger partial charge in [0.2, 0.25) is 0 Å². The highest BCUT2D eigenvalue weighted by Gasteiger charge is 2.12. The van der Waals surface area contributed by atoms with Gasteiger partial charge in [0, 0.05) is 11.1 Å². The van der Waals surface area contributed by atoms with Crippen molar-refractivity contribution in [3.05, 3.63) is 41.7 Å². The summed E-state index contributed by atoms with van der Waals surface area (Å²) in [5.41, 5.74) is 5.62. The molecular formula is C11H8FNO2. The zero-order chi connectivity index (χ0) is 11.0. The number of hydrogen-bond donors (Lipinski definition) is 2. The number of rotatable bonds is 1. The Kier molecular flexibility index (Phi) is 2.04. The number of aromatic carboxylic acids is 1. The van der Waals surface area contributed by atoms with E-state index in [1.54, 1.807) is 6.07 Å². The van der Waals surface area contributed by atoms with Crippen LogP contribution in [0, 0.1) is 5.82 Å². The van der Waals surface area contributed by atoms with Crippen molar-refractivity contribution < 1.29 is 14.3 Å². The summed E-state index contributed by atoms with van der Waals surface area (Å²) in [4.78, 5) is 10.9. The Hall–Kier alpha value is -2.10. The topological polar surface area (TPSA) is 63.3 Å². The fourth-order valence-electron chi connectivity index (χ4n) is 1.55. The maximum atomic E-state index is 13.0. The first-order valence-electron chi connectivity index (χ1n) is 4.30. The molecule has 4 heteroatoms. The van der Waals surface area contributed by atoms with Crippen molar-refractivity contribution in [1.29, 1.82) is 0 Å². The lowest BCUT2D eigenvalue weighted by atomic mass is 10.0. The van der Waals surface area contributed by atoms with Gasteiger partial charge in [-0.25, -0.2) is 9.18 Å². The molecule has 0 atom stereocenters. The molecule has 3 N–H and O–H groups in total. The Bertz CT molecular complexity index is 546. The normalized spacial score (nSPS) is 10.5. The predicted molar refractivity (Wildman–Crippen MR) is 55.3 cm³/mol. The minimum atomic E-state index is -1.15. The predicted octanol–water partition coefficient (Wildman–Crippen LogP) is 2.26. The van der Waals surface area contributed by atoms with Gasteiger partial charge in [0.05, 0.1) is 5.56 Å². The van der Waals surface area contributed by atoms with Gasteiger partial charge in [0.15, 0.2) is 0 Å². The van der Waals surface area contributed by atoms with Gasteiger partial charge in [-0.1, -0.05) is 12.1 Å². The zero-order valence-corrected chi connectivity index (χ0v) is 7.70. The first kappa shape index (κ1) is 9.45. The number of carboxylic acid groups (broad SMARTS) is 1. The van der Waals surface area contributed by atoms with Crippen LogP contribution < -0.4 is 5.73 Å². The highest BCUT2D eigenvalue weighted by Crippen LogP contribution is 2.25. The van der Waals surface area contributed by atoms with Crippen molar-refractivity contribution in [2.24, 2.45) is 0 Å². The first-order chi connectivity index (χ1) is 7.09. The second kappa shape index (κ2) is 3.24. The molecule has 0 saturated carbocycles. The highest BCUT2D eigenvalue weighted by molar-refractivity contribution is 6.08. The fourth-order valence-corrected chi connectivity index (χ4v) is 1.55. The van der Waals surface area contributed by atoms with Crippen LogP contribution in [0.15, 0.2) is 30.3 Å². The van der Waals surface area contributed by atoms with Gasteiger partial charge >= 0.3 is 5.97 Å². The lowest BCUT2D eigenvalue weighted by Crippen LogP contribution is -2.03. The van der Waals surface area contributed by atoms with Crippen LogP contribution in [0.2, 0.25) is 0 Å². The lowest BCUT2D eigenvalue weighted by molar-refractivity contribution is 0.0700. The minimum absolute atomic E-state index is 0.0491. The number of halogens is 1. The van der Waals surface area contributed by atoms with Crippen LogP contribution in [0.1, 0.15) is 10.4 Å². The van der Waals surface area contributed by atoms with E-state index in [0.29, 0.717) is 10.8 Å². The van der Waals surface area contributed by atoms with E-state index in [1.807, 2.05) is 0 Å². The van der Waals surface area contributed by atoms with Gasteiger partial charge in [0.25, 0.3) is 0 Å². The Labute approximate surface area is 84.9 Å². The summed E-state index contributed by atoms with van der Waals surface area (Å²) < 4.78 is 13.0. The molecule has 0 radical (unpaired) electrons. The van der Waals surface area contributed by atoms with E-state index in [9.17, 15) is 9.18 Å². The Morgan fingerprint density at radius 2 is 1.93 bits per heavy atom. The molecule has 0 saturated heterocycles. The molecule has 0 aliphatic carbocycles. The van der Waals surface area contributed by atoms with Crippen LogP contribution in [0.5, 0.6) is 0 Å². The molecule has 2 aromatic carbocycles. The highest BCUT2D eigenvalue weighted by atomic mass is 19.1. The molecule has 15 heavy (non-hydrogen) atoms. The monoisotopic (exact) mass is 205 g/mol. The van der Waals surface area contributed by atoms with E-state index < -0.39 is 11.8 Å². The van der Waals surface area contributed by atoms with Gasteiger partial charge in [-0.15, -0.1) is 0 Å². The third kappa shape index (κ3) is 1.50. The summed E-state index contributed by atoms with van der Waals surface area (Å²) in [6.07, 6.45) is 0. The zero-order valence-electron chi connectivity index (χ0n) is 7.70. The summed E-state index contributed by atoms with van der Waals surface area (Å²) >= 11 is 0. The number of benzene rings is 2. The van der Waals surface area contributed by atoms with E-state index >= 15 is 0 Å². The number of carbonyl (C=O) groups is 1. The van der Waals surface area contributed by atoms with Crippen LogP contribution in [0.25, 0.3) is 10.8 Å². The van der Waals surface area contributed by atoms with Crippen LogP contribution in [-0.4, -0.2) is 11.1 Å². The molecule has 0 spiro atoms. The van der Waals surface area contributed by atoms with Crippen molar-refractivity contribution in [2.45, 2.75) is 0 Å². The molecule has 0 aromatic heterocycles. The molecule has 0 heterocycles. The number of anilines is 1. The largest absolute Gasteiger partial charge is 0.478 e. The van der Waals surface area contributed by atoms with Gasteiger partial charge in [-0.2, -0.15) is 0 Å². The molecular weight excluding hydrogens is 197 g/mol. The molecule has 76 valence electrons. The number of nitrogens with two attached hydrogens (primary N) is 1. The van der Waals surface area contributed by atoms with E-state index in [4.69, 9.17) is 10.8 Å². The van der Waals surface area contributed by atoms with Crippen molar-refractivity contribution in [3.8, 4) is 0 Å². The Morgan fingerprint density at radius 1 is 1.27 bits per heavy atom. The Balaban J connectivity index is 2.90. The van der Waals surface area contributed by atoms with Crippen LogP contribution in [-0.2, 0) is 0 Å². The maximum Gasteiger partial charge on any atom is 0.338 e. The smallest absolute Gasteiger partial charge is 0.338 e. The molecule has 2 aromatic rings. The van der Waals surface area contributed by atoms with Crippen LogP contribution in [0.3, 0.4) is 0 Å². The SMILES string of the molecule is Nc1ccc2ccc(F)cc2c1C(=O)O. The molecule has 0 aliphatic heterocycles. The summed E-state index contributed by atoms with van der Waals surface area (Å²) in [6, 6.07) is 7.15. The summed E-state index contributed by atoms with van der Waals surface area (Å²) in [6.45, 7) is 0. The van der Waals surface area contributed by atoms with E-state index in [0.717, 1.165) is 0 Å².